The zero-order valence-electron chi connectivity index (χ0n) is 79.6. The van der Waals surface area contributed by atoms with E-state index >= 15 is 0 Å². The average molecular weight is 2100 g/mol. The summed E-state index contributed by atoms with van der Waals surface area (Å²) in [5, 5.41) is 27.0. The summed E-state index contributed by atoms with van der Waals surface area (Å²) in [6.07, 6.45) is 8.70. The van der Waals surface area contributed by atoms with Gasteiger partial charge in [0.15, 0.2) is 98.5 Å². The second-order valence-corrected chi connectivity index (χ2v) is 32.7. The van der Waals surface area contributed by atoms with Crippen LogP contribution in [0.1, 0.15) is 117 Å². The Morgan fingerprint density at radius 3 is 0.893 bits per heavy atom. The van der Waals surface area contributed by atoms with Crippen LogP contribution in [0.2, 0.25) is 0 Å². The van der Waals surface area contributed by atoms with Crippen LogP contribution in [-0.2, 0) is 107 Å². The molecule has 12 heterocycles. The van der Waals surface area contributed by atoms with Crippen LogP contribution in [0.15, 0.2) is 135 Å². The summed E-state index contributed by atoms with van der Waals surface area (Å²) < 4.78 is 222. The Hall–Kier alpha value is -18.0. The summed E-state index contributed by atoms with van der Waals surface area (Å²) in [6.45, 7) is 10.1. The van der Waals surface area contributed by atoms with Crippen LogP contribution >= 0.6 is 0 Å². The molecule has 0 aliphatic carbocycles. The number of amides is 12. The lowest BCUT2D eigenvalue weighted by Crippen LogP contribution is -2.47. The Morgan fingerprint density at radius 1 is 0.295 bits per heavy atom. The molecule has 0 radical (unpaired) electrons. The zero-order chi connectivity index (χ0) is 108. The maximum atomic E-state index is 13.3. The van der Waals surface area contributed by atoms with Crippen molar-refractivity contribution < 1.29 is 147 Å². The molecule has 0 fully saturated rings. The first-order valence-corrected chi connectivity index (χ1v) is 44.4. The van der Waals surface area contributed by atoms with Crippen LogP contribution in [0, 0.1) is 81.4 Å². The Bertz CT molecular complexity index is 6810. The fourth-order valence-corrected chi connectivity index (χ4v) is 15.6. The quantitative estimate of drug-likeness (QED) is 0.0270. The summed E-state index contributed by atoms with van der Waals surface area (Å²) >= 11 is 0. The number of ether oxygens (including phenoxy) is 6. The van der Waals surface area contributed by atoms with E-state index in [9.17, 15) is 119 Å². The fraction of sp³-hybridized carbons (Fsp3) is 0.290. The van der Waals surface area contributed by atoms with E-state index < -0.39 is 153 Å². The van der Waals surface area contributed by atoms with E-state index in [1.165, 1.54) is 127 Å². The van der Waals surface area contributed by atoms with Gasteiger partial charge in [-0.15, -0.1) is 0 Å². The van der Waals surface area contributed by atoms with E-state index in [4.69, 9.17) is 14.2 Å². The van der Waals surface area contributed by atoms with Gasteiger partial charge in [0.1, 0.15) is 16.7 Å². The summed E-state index contributed by atoms with van der Waals surface area (Å²) in [4.78, 5) is 165. The van der Waals surface area contributed by atoms with Gasteiger partial charge in [0.2, 0.25) is 0 Å². The molecule has 18 rings (SSSR count). The van der Waals surface area contributed by atoms with Crippen molar-refractivity contribution in [2.24, 2.45) is 0 Å². The molecule has 6 N–H and O–H groups in total. The third kappa shape index (κ3) is 25.5. The largest absolute Gasteiger partial charge is 0.465 e. The number of urea groups is 6. The van der Waals surface area contributed by atoms with Crippen molar-refractivity contribution in [1.29, 1.82) is 0 Å². The first-order valence-electron chi connectivity index (χ1n) is 44.4. The molecule has 12 aromatic rings. The van der Waals surface area contributed by atoms with Crippen LogP contribution in [-0.4, -0.2) is 240 Å². The molecule has 12 amide bonds. The lowest BCUT2D eigenvalue weighted by Gasteiger charge is -2.34. The predicted octanol–water partition coefficient (Wildman–Crippen LogP) is 13.4. The van der Waals surface area contributed by atoms with Gasteiger partial charge in [0.05, 0.1) is 179 Å². The Labute approximate surface area is 833 Å². The molecular weight excluding hydrogens is 2010 g/mol. The van der Waals surface area contributed by atoms with Crippen LogP contribution in [0.25, 0.3) is 0 Å². The maximum absolute atomic E-state index is 13.3. The van der Waals surface area contributed by atoms with E-state index in [1.54, 1.807) is 34.7 Å². The number of methoxy groups -OCH3 is 5. The lowest BCUT2D eigenvalue weighted by atomic mass is 10.1. The van der Waals surface area contributed by atoms with Gasteiger partial charge >= 0.3 is 72.0 Å². The Morgan fingerprint density at radius 2 is 0.564 bits per heavy atom. The van der Waals surface area contributed by atoms with Crippen LogP contribution in [0.3, 0.4) is 0 Å². The normalized spacial score (nSPS) is 14.3. The minimum absolute atomic E-state index is 0.0580. The van der Waals surface area contributed by atoms with E-state index in [1.807, 2.05) is 13.8 Å². The van der Waals surface area contributed by atoms with Gasteiger partial charge in [0.25, 0.3) is 0 Å². The first-order chi connectivity index (χ1) is 71.1. The van der Waals surface area contributed by atoms with E-state index in [0.29, 0.717) is 128 Å². The minimum atomic E-state index is -1.61. The molecule has 0 unspecified atom stereocenters. The number of rotatable bonds is 13. The molecule has 0 spiro atoms. The highest BCUT2D eigenvalue weighted by Gasteiger charge is 2.38. The zero-order valence-corrected chi connectivity index (χ0v) is 79.6. The smallest absolute Gasteiger partial charge is 0.358 e. The van der Waals surface area contributed by atoms with Gasteiger partial charge in [0, 0.05) is 135 Å². The van der Waals surface area contributed by atoms with Gasteiger partial charge in [-0.2, -0.15) is 15.3 Å². The number of benzene rings is 6. The minimum Gasteiger partial charge on any atom is -0.465 e. The summed E-state index contributed by atoms with van der Waals surface area (Å²) in [6, 6.07) is 11.6. The third-order valence-electron chi connectivity index (χ3n) is 23.3. The number of esters is 6. The Kier molecular flexibility index (Phi) is 34.7. The molecule has 6 aromatic carbocycles. The molecule has 56 heteroatoms. The molecule has 2 atom stereocenters. The number of hydrogen-bond acceptors (Lipinski definition) is 24. The fourth-order valence-electron chi connectivity index (χ4n) is 15.6. The van der Waals surface area contributed by atoms with Gasteiger partial charge in [-0.25, -0.2) is 134 Å². The van der Waals surface area contributed by atoms with Crippen molar-refractivity contribution in [3.63, 3.8) is 0 Å². The molecule has 6 aliphatic heterocycles. The molecule has 786 valence electrons. The number of fused-ring (bicyclic) bond motifs is 6. The van der Waals surface area contributed by atoms with E-state index in [2.05, 4.69) is 76.4 Å². The topological polar surface area (TPSA) is 459 Å². The molecule has 6 aliphatic rings. The number of imidazole rings is 3. The molecular formula is C93H88F14N24O18. The summed E-state index contributed by atoms with van der Waals surface area (Å²) in [7, 11) is 6.25. The van der Waals surface area contributed by atoms with Crippen LogP contribution in [0.4, 0.5) is 124 Å². The number of anilines is 6. The van der Waals surface area contributed by atoms with Crippen molar-refractivity contribution >= 4 is 106 Å². The average Bonchev–Trinajstić information content (AvgIpc) is 1.65. The predicted molar refractivity (Wildman–Crippen MR) is 490 cm³/mol. The van der Waals surface area contributed by atoms with Crippen molar-refractivity contribution in [3.05, 3.63) is 284 Å². The van der Waals surface area contributed by atoms with Crippen LogP contribution in [0.5, 0.6) is 0 Å². The van der Waals surface area contributed by atoms with Crippen molar-refractivity contribution in [2.75, 3.05) is 100 Å². The van der Waals surface area contributed by atoms with Gasteiger partial charge in [-0.05, 0) is 69.3 Å². The number of nitrogens with zero attached hydrogens (tertiary/aromatic N) is 18. The number of nitrogens with one attached hydrogen (secondary N) is 6. The highest BCUT2D eigenvalue weighted by atomic mass is 19.2. The molecule has 0 bridgehead atoms. The highest BCUT2D eigenvalue weighted by molar-refractivity contribution is 5.97. The third-order valence-corrected chi connectivity index (χ3v) is 23.3. The summed E-state index contributed by atoms with van der Waals surface area (Å²) in [5.41, 5.74) is 4.63. The first kappa shape index (κ1) is 108. The second kappa shape index (κ2) is 47.7. The molecule has 42 nitrogen and oxygen atoms in total. The maximum Gasteiger partial charge on any atom is 0.358 e. The second-order valence-electron chi connectivity index (χ2n) is 32.7. The summed E-state index contributed by atoms with van der Waals surface area (Å²) in [5.74, 6) is -20.3. The van der Waals surface area contributed by atoms with Gasteiger partial charge in [-0.1, -0.05) is 0 Å². The van der Waals surface area contributed by atoms with Crippen molar-refractivity contribution in [2.45, 2.75) is 111 Å². The van der Waals surface area contributed by atoms with Crippen molar-refractivity contribution in [3.8, 4) is 0 Å². The number of aromatic nitrogens is 12. The molecule has 0 saturated heterocycles. The van der Waals surface area contributed by atoms with Gasteiger partial charge in [-0.3, -0.25) is 14.0 Å². The lowest BCUT2D eigenvalue weighted by molar-refractivity contribution is 0.0513. The number of carbonyl (C=O) groups excluding carboxylic acids is 12. The SMILES string of the molecule is CCOC(=O)c1ncn2c1CN(C(=O)Nc1ccc(F)c(F)c1)CC2.COC(=O)c1cnn2c1CN(C(=O)Nc1cc(F)c(F)c(F)c1)CC2.COC(=O)c1cnn2c1CN(C(=O)Nc1ccc(F)c(F)c1)CC2.COC(=O)c1cnn2c1CN(C(=O)Nc1ccc(F)c(F)c1)[C@@H](C)C2.COC(=O)c1ncn2c1CN(C(=O)Nc1cc(F)c(F)c(F)c1)CC2.COC(=O)c1ncn2c1CN(C(=O)Nc1ccc(F)c(F)c1)[C@@H](C)C2. The Balaban J connectivity index is 0.000000149. The number of carbonyl (C=O) groups is 12. The monoisotopic (exact) mass is 2090 g/mol. The highest BCUT2D eigenvalue weighted by Crippen LogP contribution is 2.31. The number of halogens is 14. The van der Waals surface area contributed by atoms with Gasteiger partial charge < -0.3 is 103 Å². The molecule has 6 aromatic heterocycles. The molecule has 0 saturated carbocycles. The standard InChI is InChI=1S/3C16H16F2N4O3.2C15H13F3N4O3.C15H14F2N4O3/c1-9-7-22-14(11(6-19-22)15(23)25-2)8-21(9)16(24)20-10-3-4-12(17)13(18)5-10;1-9-6-21-8-19-14(15(23)25-2)13(21)7-22(9)16(24)20-10-3-4-11(17)12(18)5-10;1-2-25-15(23)14-13-8-21(5-6-22(13)9-19-14)16(24)20-10-3-4-11(17)12(18)7-10;1-25-14(23)9-6-19-22-3-2-21(7-12(9)22)15(24)20-8-4-10(16)13(18)11(17)5-8;1-25-14(23)13-11-6-21(2-3-22(11)7-19-13)15(24)20-8-4-9(16)12(18)10(17)5-8;1-24-14(22)10-7-18-21-5-4-20(8-13(10)21)15(23)19-9-2-3-11(16)12(17)6-9/h3-6,9H,7-8H2,1-2H3,(H,20,24);3-5,8-9H,6-7H2,1-2H3,(H,20,24);3-4,7,9H,2,5-6,8H2,1H3,(H,20,24);4-6H,2-3,7H2,1H3,(H,20,24);4-5,7H,2-3,6H2,1H3,(H,20,24);2-3,6-7H,4-5,8H2,1H3,(H,19,23)/t2*9-;;;;/m00..../s1. The van der Waals surface area contributed by atoms with E-state index in [-0.39, 0.29) is 121 Å². The number of hydrogen-bond donors (Lipinski definition) is 6. The van der Waals surface area contributed by atoms with E-state index in [0.717, 1.165) is 48.5 Å². The van der Waals surface area contributed by atoms with Crippen LogP contribution < -0.4 is 31.9 Å². The van der Waals surface area contributed by atoms with Crippen molar-refractivity contribution in [1.82, 2.24) is 87.4 Å². The molecule has 149 heavy (non-hydrogen) atoms.